The third-order valence-electron chi connectivity index (χ3n) is 3.27. The van der Waals surface area contributed by atoms with Crippen LogP contribution in [0.25, 0.3) is 0 Å². The molecule has 0 fully saturated rings. The zero-order chi connectivity index (χ0) is 16.3. The molecule has 2 N–H and O–H groups in total. The van der Waals surface area contributed by atoms with Crippen molar-refractivity contribution >= 4 is 5.91 Å². The predicted molar refractivity (Wildman–Crippen MR) is 81.0 cm³/mol. The number of H-pyrrole nitrogens is 1. The normalized spacial score (nSPS) is 10.5. The number of hydrogen-bond donors (Lipinski definition) is 2. The van der Waals surface area contributed by atoms with Crippen molar-refractivity contribution in [2.24, 2.45) is 0 Å². The van der Waals surface area contributed by atoms with Crippen LogP contribution in [-0.2, 0) is 17.8 Å². The molecule has 0 radical (unpaired) electrons. The van der Waals surface area contributed by atoms with E-state index < -0.39 is 0 Å². The quantitative estimate of drug-likeness (QED) is 0.902. The standard InChI is InChI=1S/C16H18FN3O2/c1-9-4-12(6-13(17)5-9)8-18-15(21)7-14-10(2)19-11(3)20-16(14)22/h4-6H,7-8H2,1-3H3,(H,18,21)(H,19,20,22). The molecule has 5 nitrogen and oxygen atoms in total. The van der Waals surface area contributed by atoms with Gasteiger partial charge in [0, 0.05) is 17.8 Å². The second-order valence-corrected chi connectivity index (χ2v) is 5.31. The Balaban J connectivity index is 2.03. The number of carbonyl (C=O) groups is 1. The van der Waals surface area contributed by atoms with E-state index in [1.54, 1.807) is 26.8 Å². The molecular formula is C16H18FN3O2. The SMILES string of the molecule is Cc1cc(F)cc(CNC(=O)Cc2c(C)nc(C)[nH]c2=O)c1. The van der Waals surface area contributed by atoms with Gasteiger partial charge in [-0.1, -0.05) is 6.07 Å². The third-order valence-corrected chi connectivity index (χ3v) is 3.27. The summed E-state index contributed by atoms with van der Waals surface area (Å²) in [4.78, 5) is 30.5. The van der Waals surface area contributed by atoms with Gasteiger partial charge in [-0.2, -0.15) is 0 Å². The molecule has 0 unspecified atom stereocenters. The number of hydrogen-bond acceptors (Lipinski definition) is 3. The predicted octanol–water partition coefficient (Wildman–Crippen LogP) is 1.69. The van der Waals surface area contributed by atoms with E-state index in [1.807, 2.05) is 0 Å². The first-order chi connectivity index (χ1) is 10.3. The summed E-state index contributed by atoms with van der Waals surface area (Å²) in [6.45, 7) is 5.38. The Hall–Kier alpha value is -2.50. The molecule has 22 heavy (non-hydrogen) atoms. The van der Waals surface area contributed by atoms with Crippen LogP contribution in [0.5, 0.6) is 0 Å². The maximum Gasteiger partial charge on any atom is 0.254 e. The summed E-state index contributed by atoms with van der Waals surface area (Å²) in [6.07, 6.45) is -0.0528. The van der Waals surface area contributed by atoms with Gasteiger partial charge in [0.15, 0.2) is 0 Å². The first-order valence-corrected chi connectivity index (χ1v) is 6.94. The number of benzene rings is 1. The number of rotatable bonds is 4. The van der Waals surface area contributed by atoms with Gasteiger partial charge in [-0.25, -0.2) is 9.37 Å². The van der Waals surface area contributed by atoms with Crippen LogP contribution >= 0.6 is 0 Å². The molecule has 116 valence electrons. The Kier molecular flexibility index (Phi) is 4.70. The van der Waals surface area contributed by atoms with E-state index in [9.17, 15) is 14.0 Å². The fraction of sp³-hybridized carbons (Fsp3) is 0.312. The maximum absolute atomic E-state index is 13.3. The van der Waals surface area contributed by atoms with Crippen molar-refractivity contribution in [3.63, 3.8) is 0 Å². The number of nitrogens with zero attached hydrogens (tertiary/aromatic N) is 1. The third kappa shape index (κ3) is 4.00. The lowest BCUT2D eigenvalue weighted by Crippen LogP contribution is -2.29. The van der Waals surface area contributed by atoms with Gasteiger partial charge in [0.25, 0.3) is 5.56 Å². The second-order valence-electron chi connectivity index (χ2n) is 5.31. The van der Waals surface area contributed by atoms with Gasteiger partial charge >= 0.3 is 0 Å². The summed E-state index contributed by atoms with van der Waals surface area (Å²) in [5.41, 5.74) is 2.05. The Bertz CT molecular complexity index is 748. The summed E-state index contributed by atoms with van der Waals surface area (Å²) in [5.74, 6) is -0.123. The molecule has 0 atom stereocenters. The molecule has 2 rings (SSSR count). The van der Waals surface area contributed by atoms with Gasteiger partial charge in [-0.3, -0.25) is 9.59 Å². The van der Waals surface area contributed by atoms with Gasteiger partial charge in [0.1, 0.15) is 11.6 Å². The number of amides is 1. The van der Waals surface area contributed by atoms with E-state index in [-0.39, 0.29) is 30.2 Å². The van der Waals surface area contributed by atoms with E-state index in [2.05, 4.69) is 15.3 Å². The highest BCUT2D eigenvalue weighted by Crippen LogP contribution is 2.08. The monoisotopic (exact) mass is 303 g/mol. The Morgan fingerprint density at radius 1 is 1.27 bits per heavy atom. The molecule has 0 aliphatic rings. The van der Waals surface area contributed by atoms with Crippen LogP contribution in [0.4, 0.5) is 4.39 Å². The van der Waals surface area contributed by atoms with E-state index in [1.165, 1.54) is 12.1 Å². The fourth-order valence-corrected chi connectivity index (χ4v) is 2.30. The van der Waals surface area contributed by atoms with E-state index in [4.69, 9.17) is 0 Å². The summed E-state index contributed by atoms with van der Waals surface area (Å²) in [6, 6.07) is 4.60. The zero-order valence-electron chi connectivity index (χ0n) is 12.8. The smallest absolute Gasteiger partial charge is 0.254 e. The van der Waals surface area contributed by atoms with Crippen LogP contribution in [-0.4, -0.2) is 15.9 Å². The average Bonchev–Trinajstić information content (AvgIpc) is 2.39. The number of aryl methyl sites for hydroxylation is 3. The van der Waals surface area contributed by atoms with Gasteiger partial charge < -0.3 is 10.3 Å². The molecule has 1 amide bonds. The minimum absolute atomic E-state index is 0.0528. The Morgan fingerprint density at radius 3 is 2.64 bits per heavy atom. The lowest BCUT2D eigenvalue weighted by Gasteiger charge is -2.08. The zero-order valence-corrected chi connectivity index (χ0v) is 12.8. The van der Waals surface area contributed by atoms with Crippen molar-refractivity contribution in [2.45, 2.75) is 33.7 Å². The first kappa shape index (κ1) is 15.9. The second kappa shape index (κ2) is 6.51. The van der Waals surface area contributed by atoms with E-state index in [0.29, 0.717) is 22.6 Å². The Labute approximate surface area is 127 Å². The molecular weight excluding hydrogens is 285 g/mol. The molecule has 6 heteroatoms. The average molecular weight is 303 g/mol. The van der Waals surface area contributed by atoms with Crippen molar-refractivity contribution < 1.29 is 9.18 Å². The van der Waals surface area contributed by atoms with E-state index >= 15 is 0 Å². The van der Waals surface area contributed by atoms with Gasteiger partial charge in [0.05, 0.1) is 6.42 Å². The first-order valence-electron chi connectivity index (χ1n) is 6.94. The van der Waals surface area contributed by atoms with Crippen LogP contribution in [0.2, 0.25) is 0 Å². The topological polar surface area (TPSA) is 74.8 Å². The minimum Gasteiger partial charge on any atom is -0.352 e. The van der Waals surface area contributed by atoms with Crippen LogP contribution in [0.3, 0.4) is 0 Å². The summed E-state index contributed by atoms with van der Waals surface area (Å²) < 4.78 is 13.3. The van der Waals surface area contributed by atoms with Crippen molar-refractivity contribution in [1.29, 1.82) is 0 Å². The summed E-state index contributed by atoms with van der Waals surface area (Å²) in [7, 11) is 0. The highest BCUT2D eigenvalue weighted by atomic mass is 19.1. The number of halogens is 1. The highest BCUT2D eigenvalue weighted by molar-refractivity contribution is 5.78. The van der Waals surface area contributed by atoms with Crippen LogP contribution < -0.4 is 10.9 Å². The van der Waals surface area contributed by atoms with Gasteiger partial charge in [0.2, 0.25) is 5.91 Å². The molecule has 0 saturated carbocycles. The van der Waals surface area contributed by atoms with Crippen molar-refractivity contribution in [3.8, 4) is 0 Å². The molecule has 2 aromatic rings. The molecule has 0 saturated heterocycles. The summed E-state index contributed by atoms with van der Waals surface area (Å²) >= 11 is 0. The molecule has 1 aromatic heterocycles. The van der Waals surface area contributed by atoms with Crippen LogP contribution in [0.1, 0.15) is 28.2 Å². The van der Waals surface area contributed by atoms with Crippen LogP contribution in [0.15, 0.2) is 23.0 Å². The molecule has 0 spiro atoms. The number of nitrogens with one attached hydrogen (secondary N) is 2. The summed E-state index contributed by atoms with van der Waals surface area (Å²) in [5, 5.41) is 2.68. The molecule has 0 bridgehead atoms. The number of carbonyl (C=O) groups excluding carboxylic acids is 1. The van der Waals surface area contributed by atoms with Crippen molar-refractivity contribution in [1.82, 2.24) is 15.3 Å². The van der Waals surface area contributed by atoms with Crippen molar-refractivity contribution in [3.05, 3.63) is 62.6 Å². The van der Waals surface area contributed by atoms with Crippen molar-refractivity contribution in [2.75, 3.05) is 0 Å². The molecule has 0 aliphatic carbocycles. The van der Waals surface area contributed by atoms with Crippen LogP contribution in [0, 0.1) is 26.6 Å². The van der Waals surface area contributed by atoms with Gasteiger partial charge in [-0.15, -0.1) is 0 Å². The number of aromatic amines is 1. The fourth-order valence-electron chi connectivity index (χ4n) is 2.30. The maximum atomic E-state index is 13.3. The molecule has 0 aliphatic heterocycles. The van der Waals surface area contributed by atoms with Gasteiger partial charge in [-0.05, 0) is 44.0 Å². The van der Waals surface area contributed by atoms with E-state index in [0.717, 1.165) is 5.56 Å². The largest absolute Gasteiger partial charge is 0.352 e. The number of aromatic nitrogens is 2. The lowest BCUT2D eigenvalue weighted by molar-refractivity contribution is -0.120. The molecule has 1 aromatic carbocycles. The lowest BCUT2D eigenvalue weighted by atomic mass is 10.1. The molecule has 1 heterocycles. The highest BCUT2D eigenvalue weighted by Gasteiger charge is 2.11. The Morgan fingerprint density at radius 2 is 2.00 bits per heavy atom. The minimum atomic E-state index is -0.334.